The molecule has 5 nitrogen and oxygen atoms in total. The highest BCUT2D eigenvalue weighted by Gasteiger charge is 2.13. The van der Waals surface area contributed by atoms with Crippen molar-refractivity contribution in [2.45, 2.75) is 39.5 Å². The molecule has 0 aromatic carbocycles. The van der Waals surface area contributed by atoms with Crippen LogP contribution in [0.1, 0.15) is 26.5 Å². The number of aliphatic hydroxyl groups is 1. The summed E-state index contributed by atoms with van der Waals surface area (Å²) in [5.74, 6) is -0.0654. The lowest BCUT2D eigenvalue weighted by atomic mass is 10.1. The van der Waals surface area contributed by atoms with Crippen LogP contribution in [0, 0.1) is 0 Å². The van der Waals surface area contributed by atoms with Gasteiger partial charge in [0, 0.05) is 11.7 Å². The summed E-state index contributed by atoms with van der Waals surface area (Å²) < 4.78 is 1.65. The van der Waals surface area contributed by atoms with Gasteiger partial charge in [-0.15, -0.1) is 0 Å². The Bertz CT molecular complexity index is 339. The Morgan fingerprint density at radius 2 is 2.27 bits per heavy atom. The normalized spacial score (nSPS) is 11.5. The van der Waals surface area contributed by atoms with Crippen LogP contribution >= 0.6 is 0 Å². The van der Waals surface area contributed by atoms with Crippen LogP contribution in [-0.4, -0.2) is 26.1 Å². The van der Waals surface area contributed by atoms with Gasteiger partial charge in [0.05, 0.1) is 18.6 Å². The Morgan fingerprint density at radius 3 is 2.73 bits per heavy atom. The maximum Gasteiger partial charge on any atom is 0.240 e. The third kappa shape index (κ3) is 4.12. The number of hydrogen-bond acceptors (Lipinski definition) is 3. The number of imidazole rings is 1. The lowest BCUT2D eigenvalue weighted by Gasteiger charge is -2.20. The first-order valence-electron chi connectivity index (χ1n) is 4.83. The topological polar surface area (TPSA) is 67.2 Å². The molecule has 2 N–H and O–H groups in total. The fourth-order valence-electron chi connectivity index (χ4n) is 1.20. The number of carbonyl (C=O) groups excluding carboxylic acids is 1. The van der Waals surface area contributed by atoms with E-state index in [4.69, 9.17) is 5.11 Å². The van der Waals surface area contributed by atoms with Gasteiger partial charge in [-0.3, -0.25) is 4.79 Å². The third-order valence-corrected chi connectivity index (χ3v) is 1.69. The molecule has 15 heavy (non-hydrogen) atoms. The molecule has 1 rings (SSSR count). The minimum Gasteiger partial charge on any atom is -0.390 e. The van der Waals surface area contributed by atoms with Gasteiger partial charge in [0.2, 0.25) is 5.91 Å². The van der Waals surface area contributed by atoms with Crippen LogP contribution in [0.4, 0.5) is 0 Å². The van der Waals surface area contributed by atoms with Gasteiger partial charge in [0.25, 0.3) is 0 Å². The molecule has 0 aliphatic heterocycles. The fraction of sp³-hybridized carbons (Fsp3) is 0.600. The summed E-state index contributed by atoms with van der Waals surface area (Å²) in [5.41, 5.74) is 0.343. The third-order valence-electron chi connectivity index (χ3n) is 1.69. The molecule has 0 saturated heterocycles. The fourth-order valence-corrected chi connectivity index (χ4v) is 1.20. The van der Waals surface area contributed by atoms with Crippen LogP contribution in [0.3, 0.4) is 0 Å². The number of amides is 1. The zero-order valence-corrected chi connectivity index (χ0v) is 9.32. The van der Waals surface area contributed by atoms with Crippen molar-refractivity contribution in [1.29, 1.82) is 0 Å². The number of hydrogen-bond donors (Lipinski definition) is 2. The highest BCUT2D eigenvalue weighted by molar-refractivity contribution is 5.76. The molecule has 0 bridgehead atoms. The van der Waals surface area contributed by atoms with Crippen molar-refractivity contribution in [1.82, 2.24) is 14.9 Å². The summed E-state index contributed by atoms with van der Waals surface area (Å²) in [7, 11) is 0. The lowest BCUT2D eigenvalue weighted by molar-refractivity contribution is -0.123. The Hall–Kier alpha value is -1.36. The highest BCUT2D eigenvalue weighted by atomic mass is 16.3. The molecule has 0 spiro atoms. The van der Waals surface area contributed by atoms with Gasteiger partial charge in [-0.2, -0.15) is 0 Å². The number of rotatable bonds is 3. The van der Waals surface area contributed by atoms with Gasteiger partial charge in [0.15, 0.2) is 0 Å². The minimum absolute atomic E-state index is 0.0654. The minimum atomic E-state index is -0.225. The van der Waals surface area contributed by atoms with E-state index in [1.54, 1.807) is 10.8 Å². The van der Waals surface area contributed by atoms with Crippen LogP contribution in [0.2, 0.25) is 0 Å². The molecule has 5 heteroatoms. The molecular formula is C10H17N3O2. The van der Waals surface area contributed by atoms with Crippen LogP contribution < -0.4 is 5.32 Å². The standard InChI is InChI=1S/C10H17N3O2/c1-10(2,3)12-9(15)5-13-4-8(6-14)11-7-13/h4,7,14H,5-6H2,1-3H3,(H,12,15). The summed E-state index contributed by atoms with van der Waals surface area (Å²) in [6.07, 6.45) is 3.19. The van der Waals surface area contributed by atoms with Crippen LogP contribution in [-0.2, 0) is 17.9 Å². The smallest absolute Gasteiger partial charge is 0.240 e. The quantitative estimate of drug-likeness (QED) is 0.755. The zero-order chi connectivity index (χ0) is 11.5. The van der Waals surface area contributed by atoms with Crippen molar-refractivity contribution in [3.63, 3.8) is 0 Å². The maximum absolute atomic E-state index is 11.5. The van der Waals surface area contributed by atoms with Crippen molar-refractivity contribution >= 4 is 5.91 Å². The number of nitrogens with zero attached hydrogens (tertiary/aromatic N) is 2. The number of nitrogens with one attached hydrogen (secondary N) is 1. The van der Waals surface area contributed by atoms with E-state index in [1.165, 1.54) is 6.33 Å². The van der Waals surface area contributed by atoms with Gasteiger partial charge < -0.3 is 15.0 Å². The second-order valence-electron chi connectivity index (χ2n) is 4.49. The Balaban J connectivity index is 2.51. The van der Waals surface area contributed by atoms with E-state index < -0.39 is 0 Å². The van der Waals surface area contributed by atoms with Gasteiger partial charge in [-0.05, 0) is 20.8 Å². The molecule has 0 saturated carbocycles. The van der Waals surface area contributed by atoms with Crippen molar-refractivity contribution < 1.29 is 9.90 Å². The van der Waals surface area contributed by atoms with E-state index in [1.807, 2.05) is 20.8 Å². The SMILES string of the molecule is CC(C)(C)NC(=O)Cn1cnc(CO)c1. The molecule has 1 heterocycles. The summed E-state index contributed by atoms with van der Waals surface area (Å²) in [6.45, 7) is 5.91. The summed E-state index contributed by atoms with van der Waals surface area (Å²) in [4.78, 5) is 15.4. The van der Waals surface area contributed by atoms with E-state index in [-0.39, 0.29) is 24.6 Å². The molecule has 0 radical (unpaired) electrons. The van der Waals surface area contributed by atoms with Crippen molar-refractivity contribution in [2.75, 3.05) is 0 Å². The van der Waals surface area contributed by atoms with E-state index in [2.05, 4.69) is 10.3 Å². The first-order chi connectivity index (χ1) is 6.90. The summed E-state index contributed by atoms with van der Waals surface area (Å²) in [5, 5.41) is 11.6. The lowest BCUT2D eigenvalue weighted by Crippen LogP contribution is -2.42. The summed E-state index contributed by atoms with van der Waals surface area (Å²) >= 11 is 0. The van der Waals surface area contributed by atoms with E-state index >= 15 is 0 Å². The van der Waals surface area contributed by atoms with Crippen molar-refractivity contribution in [2.24, 2.45) is 0 Å². The monoisotopic (exact) mass is 211 g/mol. The molecular weight excluding hydrogens is 194 g/mol. The van der Waals surface area contributed by atoms with Gasteiger partial charge >= 0.3 is 0 Å². The molecule has 1 amide bonds. The van der Waals surface area contributed by atoms with Gasteiger partial charge in [-0.25, -0.2) is 4.98 Å². The second-order valence-corrected chi connectivity index (χ2v) is 4.49. The first kappa shape index (κ1) is 11.7. The molecule has 0 aliphatic carbocycles. The molecule has 1 aromatic heterocycles. The number of aromatic nitrogens is 2. The van der Waals surface area contributed by atoms with E-state index in [0.29, 0.717) is 5.69 Å². The van der Waals surface area contributed by atoms with E-state index in [9.17, 15) is 4.79 Å². The predicted octanol–water partition coefficient (Wildman–Crippen LogP) is 0.290. The molecule has 0 aliphatic rings. The van der Waals surface area contributed by atoms with Crippen LogP contribution in [0.25, 0.3) is 0 Å². The molecule has 0 unspecified atom stereocenters. The Labute approximate surface area is 89.1 Å². The first-order valence-corrected chi connectivity index (χ1v) is 4.83. The Kier molecular flexibility index (Phi) is 3.47. The average molecular weight is 211 g/mol. The highest BCUT2D eigenvalue weighted by Crippen LogP contribution is 2.00. The zero-order valence-electron chi connectivity index (χ0n) is 9.32. The van der Waals surface area contributed by atoms with Crippen molar-refractivity contribution in [3.05, 3.63) is 18.2 Å². The largest absolute Gasteiger partial charge is 0.390 e. The van der Waals surface area contributed by atoms with Gasteiger partial charge in [-0.1, -0.05) is 0 Å². The Morgan fingerprint density at radius 1 is 1.60 bits per heavy atom. The predicted molar refractivity (Wildman–Crippen MR) is 56.0 cm³/mol. The molecule has 84 valence electrons. The molecule has 0 atom stereocenters. The number of aliphatic hydroxyl groups excluding tert-OH is 1. The molecule has 1 aromatic rings. The molecule has 0 fully saturated rings. The summed E-state index contributed by atoms with van der Waals surface area (Å²) in [6, 6.07) is 0. The second kappa shape index (κ2) is 4.44. The number of carbonyl (C=O) groups is 1. The maximum atomic E-state index is 11.5. The van der Waals surface area contributed by atoms with Crippen LogP contribution in [0.5, 0.6) is 0 Å². The van der Waals surface area contributed by atoms with E-state index in [0.717, 1.165) is 0 Å². The van der Waals surface area contributed by atoms with Crippen molar-refractivity contribution in [3.8, 4) is 0 Å². The van der Waals surface area contributed by atoms with Gasteiger partial charge in [0.1, 0.15) is 6.54 Å². The average Bonchev–Trinajstić information content (AvgIpc) is 2.48. The van der Waals surface area contributed by atoms with Crippen LogP contribution in [0.15, 0.2) is 12.5 Å².